The summed E-state index contributed by atoms with van der Waals surface area (Å²) >= 11 is 0. The molecule has 4 heteroatoms. The van der Waals surface area contributed by atoms with E-state index in [9.17, 15) is 14.7 Å². The lowest BCUT2D eigenvalue weighted by molar-refractivity contribution is -0.141. The van der Waals surface area contributed by atoms with Crippen molar-refractivity contribution in [3.63, 3.8) is 0 Å². The van der Waals surface area contributed by atoms with E-state index in [0.29, 0.717) is 6.54 Å². The fraction of sp³-hybridized carbons (Fsp3) is 0.182. The van der Waals surface area contributed by atoms with E-state index in [0.717, 1.165) is 27.6 Å². The van der Waals surface area contributed by atoms with Gasteiger partial charge in [0, 0.05) is 5.69 Å². The van der Waals surface area contributed by atoms with Crippen LogP contribution in [0.25, 0.3) is 10.8 Å². The van der Waals surface area contributed by atoms with Crippen LogP contribution in [0.1, 0.15) is 24.5 Å². The van der Waals surface area contributed by atoms with Crippen molar-refractivity contribution in [3.05, 3.63) is 77.9 Å². The summed E-state index contributed by atoms with van der Waals surface area (Å²) in [5, 5.41) is 11.4. The maximum atomic E-state index is 13.3. The number of carbonyl (C=O) groups is 2. The molecular formula is C22H19NO3. The van der Waals surface area contributed by atoms with Gasteiger partial charge in [-0.3, -0.25) is 9.59 Å². The highest BCUT2D eigenvalue weighted by atomic mass is 16.4. The quantitative estimate of drug-likeness (QED) is 0.774. The van der Waals surface area contributed by atoms with E-state index in [1.807, 2.05) is 66.7 Å². The number of fused-ring (bicyclic) bond motifs is 3. The number of nitrogens with zero attached hydrogens (tertiary/aromatic N) is 1. The summed E-state index contributed by atoms with van der Waals surface area (Å²) in [7, 11) is 0. The Morgan fingerprint density at radius 3 is 2.42 bits per heavy atom. The molecular weight excluding hydrogens is 326 g/mol. The molecule has 26 heavy (non-hydrogen) atoms. The number of rotatable bonds is 4. The van der Waals surface area contributed by atoms with E-state index in [-0.39, 0.29) is 12.3 Å². The molecule has 0 bridgehead atoms. The topological polar surface area (TPSA) is 57.6 Å². The summed E-state index contributed by atoms with van der Waals surface area (Å²) in [6.45, 7) is 2.18. The first-order valence-corrected chi connectivity index (χ1v) is 8.60. The Kier molecular flexibility index (Phi) is 3.76. The van der Waals surface area contributed by atoms with Crippen molar-refractivity contribution in [1.82, 2.24) is 0 Å². The fourth-order valence-corrected chi connectivity index (χ4v) is 3.97. The molecule has 0 saturated carbocycles. The molecule has 0 aromatic heterocycles. The molecule has 0 radical (unpaired) electrons. The molecule has 0 saturated heterocycles. The lowest BCUT2D eigenvalue weighted by Gasteiger charge is -2.23. The Morgan fingerprint density at radius 1 is 1.00 bits per heavy atom. The summed E-state index contributed by atoms with van der Waals surface area (Å²) in [6.07, 6.45) is -0.224. The van der Waals surface area contributed by atoms with Crippen LogP contribution in [0, 0.1) is 0 Å². The van der Waals surface area contributed by atoms with Gasteiger partial charge in [-0.05, 0) is 34.9 Å². The normalized spacial score (nSPS) is 19.0. The van der Waals surface area contributed by atoms with Gasteiger partial charge < -0.3 is 10.0 Å². The van der Waals surface area contributed by atoms with Gasteiger partial charge in [0.2, 0.25) is 5.91 Å². The average molecular weight is 345 g/mol. The molecule has 4 rings (SSSR count). The van der Waals surface area contributed by atoms with Gasteiger partial charge in [-0.15, -0.1) is 0 Å². The van der Waals surface area contributed by atoms with Crippen molar-refractivity contribution in [2.75, 3.05) is 4.90 Å². The number of carbonyl (C=O) groups excluding carboxylic acids is 1. The minimum Gasteiger partial charge on any atom is -0.481 e. The molecule has 3 aromatic rings. The van der Waals surface area contributed by atoms with E-state index >= 15 is 0 Å². The van der Waals surface area contributed by atoms with Crippen molar-refractivity contribution in [3.8, 4) is 0 Å². The van der Waals surface area contributed by atoms with Crippen molar-refractivity contribution >= 4 is 28.3 Å². The van der Waals surface area contributed by atoms with Crippen LogP contribution >= 0.6 is 0 Å². The number of aliphatic carboxylic acids is 1. The molecule has 0 aliphatic carbocycles. The third kappa shape index (κ3) is 2.46. The molecule has 1 aliphatic rings. The number of carboxylic acids is 1. The summed E-state index contributed by atoms with van der Waals surface area (Å²) in [5.74, 6) is -1.13. The van der Waals surface area contributed by atoms with Crippen molar-refractivity contribution in [2.24, 2.45) is 0 Å². The van der Waals surface area contributed by atoms with Gasteiger partial charge in [0.15, 0.2) is 0 Å². The fourth-order valence-electron chi connectivity index (χ4n) is 3.97. The van der Waals surface area contributed by atoms with Crippen molar-refractivity contribution in [1.29, 1.82) is 0 Å². The van der Waals surface area contributed by atoms with E-state index in [2.05, 4.69) is 0 Å². The van der Waals surface area contributed by atoms with Crippen LogP contribution < -0.4 is 4.90 Å². The first kappa shape index (κ1) is 16.3. The van der Waals surface area contributed by atoms with Crippen LogP contribution in [0.5, 0.6) is 0 Å². The Hall–Kier alpha value is -3.14. The smallest absolute Gasteiger partial charge is 0.304 e. The molecule has 0 spiro atoms. The molecule has 1 amide bonds. The predicted molar refractivity (Wildman–Crippen MR) is 101 cm³/mol. The van der Waals surface area contributed by atoms with E-state index in [1.54, 1.807) is 11.8 Å². The first-order chi connectivity index (χ1) is 12.5. The summed E-state index contributed by atoms with van der Waals surface area (Å²) in [4.78, 5) is 26.6. The summed E-state index contributed by atoms with van der Waals surface area (Å²) < 4.78 is 0. The van der Waals surface area contributed by atoms with Crippen LogP contribution in [-0.2, 0) is 21.5 Å². The number of hydrogen-bond donors (Lipinski definition) is 1. The SMILES string of the molecule is CC1(CC(=O)O)C(=O)N(Cc2ccccc2)c2ccc3ccccc3c21. The maximum Gasteiger partial charge on any atom is 0.304 e. The predicted octanol–water partition coefficient (Wildman–Crippen LogP) is 4.12. The highest BCUT2D eigenvalue weighted by Crippen LogP contribution is 2.48. The average Bonchev–Trinajstić information content (AvgIpc) is 2.84. The Labute approximate surface area is 151 Å². The van der Waals surface area contributed by atoms with E-state index in [1.165, 1.54) is 0 Å². The minimum atomic E-state index is -1.07. The van der Waals surface area contributed by atoms with Crippen molar-refractivity contribution in [2.45, 2.75) is 25.3 Å². The third-order valence-electron chi connectivity index (χ3n) is 5.16. The van der Waals surface area contributed by atoms with Crippen molar-refractivity contribution < 1.29 is 14.7 Å². The first-order valence-electron chi connectivity index (χ1n) is 8.60. The monoisotopic (exact) mass is 345 g/mol. The van der Waals surface area contributed by atoms with Gasteiger partial charge >= 0.3 is 5.97 Å². The van der Waals surface area contributed by atoms with Gasteiger partial charge in [-0.1, -0.05) is 60.7 Å². The zero-order valence-corrected chi connectivity index (χ0v) is 14.5. The van der Waals surface area contributed by atoms with Gasteiger partial charge in [0.1, 0.15) is 0 Å². The Balaban J connectivity index is 1.92. The number of benzene rings is 3. The molecule has 1 atom stereocenters. The Bertz CT molecular complexity index is 1010. The second kappa shape index (κ2) is 5.99. The van der Waals surface area contributed by atoms with Gasteiger partial charge in [-0.2, -0.15) is 0 Å². The molecule has 1 N–H and O–H groups in total. The molecule has 1 aliphatic heterocycles. The summed E-state index contributed by atoms with van der Waals surface area (Å²) in [5.41, 5.74) is 1.57. The van der Waals surface area contributed by atoms with Crippen LogP contribution in [-0.4, -0.2) is 17.0 Å². The third-order valence-corrected chi connectivity index (χ3v) is 5.16. The summed E-state index contributed by atoms with van der Waals surface area (Å²) in [6, 6.07) is 21.5. The second-order valence-corrected chi connectivity index (χ2v) is 6.96. The lowest BCUT2D eigenvalue weighted by atomic mass is 9.78. The largest absolute Gasteiger partial charge is 0.481 e. The van der Waals surface area contributed by atoms with Crippen LogP contribution in [0.2, 0.25) is 0 Å². The second-order valence-electron chi connectivity index (χ2n) is 6.96. The van der Waals surface area contributed by atoms with Crippen LogP contribution in [0.15, 0.2) is 66.7 Å². The van der Waals surface area contributed by atoms with Gasteiger partial charge in [-0.25, -0.2) is 0 Å². The number of hydrogen-bond acceptors (Lipinski definition) is 2. The standard InChI is InChI=1S/C22H19NO3/c1-22(13-19(24)25)20-17-10-6-5-9-16(17)11-12-18(20)23(21(22)26)14-15-7-3-2-4-8-15/h2-12H,13-14H2,1H3,(H,24,25). The highest BCUT2D eigenvalue weighted by molar-refractivity contribution is 6.14. The number of carboxylic acid groups (broad SMARTS) is 1. The molecule has 1 heterocycles. The van der Waals surface area contributed by atoms with Gasteiger partial charge in [0.25, 0.3) is 0 Å². The molecule has 4 nitrogen and oxygen atoms in total. The zero-order valence-electron chi connectivity index (χ0n) is 14.5. The minimum absolute atomic E-state index is 0.157. The molecule has 130 valence electrons. The highest BCUT2D eigenvalue weighted by Gasteiger charge is 2.49. The van der Waals surface area contributed by atoms with Crippen LogP contribution in [0.3, 0.4) is 0 Å². The number of anilines is 1. The van der Waals surface area contributed by atoms with Crippen LogP contribution in [0.4, 0.5) is 5.69 Å². The molecule has 0 fully saturated rings. The molecule has 1 unspecified atom stereocenters. The zero-order chi connectivity index (χ0) is 18.3. The maximum absolute atomic E-state index is 13.3. The van der Waals surface area contributed by atoms with E-state index < -0.39 is 11.4 Å². The Morgan fingerprint density at radius 2 is 1.69 bits per heavy atom. The lowest BCUT2D eigenvalue weighted by Crippen LogP contribution is -2.39. The number of amides is 1. The van der Waals surface area contributed by atoms with Gasteiger partial charge in [0.05, 0.1) is 18.4 Å². The van der Waals surface area contributed by atoms with E-state index in [4.69, 9.17) is 0 Å². The molecule has 3 aromatic carbocycles.